The lowest BCUT2D eigenvalue weighted by atomic mass is 9.55. The van der Waals surface area contributed by atoms with Crippen molar-refractivity contribution < 1.29 is 28.5 Å². The molecule has 6 atom stereocenters. The molecule has 8 heteroatoms. The molecule has 0 aromatic carbocycles. The van der Waals surface area contributed by atoms with Crippen molar-refractivity contribution in [3.05, 3.63) is 11.3 Å². The lowest BCUT2D eigenvalue weighted by molar-refractivity contribution is -0.157. The molecule has 0 radical (unpaired) electrons. The van der Waals surface area contributed by atoms with Crippen LogP contribution in [0.1, 0.15) is 52.4 Å². The van der Waals surface area contributed by atoms with Crippen LogP contribution in [0.15, 0.2) is 11.3 Å². The number of rotatable bonds is 7. The standard InChI is InChI=1S/C28H42N2O6/c1-18-22(16-35-25(18)31)30-13-8-27(23(14-30)36-17-33-3)6-10-29(11-7-27)12-9-28-5-4-21(28)24-20(19(28)2)15-34-26(24)32/h19-21,23-24H,4-17H2,1-3H3. The van der Waals surface area contributed by atoms with Gasteiger partial charge in [0.15, 0.2) is 0 Å². The third-order valence-corrected chi connectivity index (χ3v) is 11.3. The summed E-state index contributed by atoms with van der Waals surface area (Å²) in [5.41, 5.74) is 2.26. The molecule has 6 aliphatic rings. The van der Waals surface area contributed by atoms with E-state index in [0.717, 1.165) is 63.3 Å². The van der Waals surface area contributed by atoms with Crippen molar-refractivity contribution in [3.8, 4) is 0 Å². The van der Waals surface area contributed by atoms with Crippen LogP contribution in [0.4, 0.5) is 0 Å². The zero-order chi connectivity index (χ0) is 25.1. The number of methoxy groups -OCH3 is 1. The fourth-order valence-corrected chi connectivity index (χ4v) is 8.81. The molecule has 36 heavy (non-hydrogen) atoms. The molecule has 1 spiro atoms. The smallest absolute Gasteiger partial charge is 0.335 e. The van der Waals surface area contributed by atoms with Crippen LogP contribution in [0.5, 0.6) is 0 Å². The SMILES string of the molecule is COCOC1CN(C2=C(C)C(=O)OC2)CCC12CCN(CCC13CCC1C1C(=O)OCC1C3C)CC2. The van der Waals surface area contributed by atoms with E-state index in [1.807, 2.05) is 6.92 Å². The molecular formula is C28H42N2O6. The molecule has 3 saturated heterocycles. The average molecular weight is 503 g/mol. The highest BCUT2D eigenvalue weighted by atomic mass is 16.7. The Morgan fingerprint density at radius 2 is 1.86 bits per heavy atom. The first-order valence-corrected chi connectivity index (χ1v) is 14.0. The molecule has 2 saturated carbocycles. The maximum atomic E-state index is 12.4. The van der Waals surface area contributed by atoms with Gasteiger partial charge in [-0.3, -0.25) is 4.79 Å². The summed E-state index contributed by atoms with van der Waals surface area (Å²) >= 11 is 0. The van der Waals surface area contributed by atoms with E-state index in [9.17, 15) is 9.59 Å². The van der Waals surface area contributed by atoms with E-state index in [-0.39, 0.29) is 29.4 Å². The normalized spacial score (nSPS) is 39.8. The maximum absolute atomic E-state index is 12.4. The lowest BCUT2D eigenvalue weighted by Gasteiger charge is -2.53. The number of cyclic esters (lactones) is 2. The summed E-state index contributed by atoms with van der Waals surface area (Å²) in [5, 5.41) is 0. The van der Waals surface area contributed by atoms with Gasteiger partial charge in [0.05, 0.1) is 29.9 Å². The van der Waals surface area contributed by atoms with Gasteiger partial charge in [-0.2, -0.15) is 0 Å². The number of hydrogen-bond donors (Lipinski definition) is 0. The number of likely N-dealkylation sites (tertiary alicyclic amines) is 2. The van der Waals surface area contributed by atoms with Gasteiger partial charge >= 0.3 is 11.9 Å². The Balaban J connectivity index is 1.07. The van der Waals surface area contributed by atoms with Gasteiger partial charge in [0.1, 0.15) is 13.4 Å². The minimum atomic E-state index is -0.196. The highest BCUT2D eigenvalue weighted by Crippen LogP contribution is 2.68. The summed E-state index contributed by atoms with van der Waals surface area (Å²) in [6.45, 7) is 10.6. The minimum absolute atomic E-state index is 0.0753. The van der Waals surface area contributed by atoms with Crippen molar-refractivity contribution in [1.29, 1.82) is 0 Å². The largest absolute Gasteiger partial charge is 0.465 e. The quantitative estimate of drug-likeness (QED) is 0.389. The topological polar surface area (TPSA) is 77.5 Å². The molecule has 8 nitrogen and oxygen atoms in total. The van der Waals surface area contributed by atoms with Gasteiger partial charge in [0.2, 0.25) is 0 Å². The zero-order valence-corrected chi connectivity index (χ0v) is 22.1. The number of carbonyl (C=O) groups excluding carboxylic acids is 2. The van der Waals surface area contributed by atoms with Gasteiger partial charge in [-0.05, 0) is 82.3 Å². The first kappa shape index (κ1) is 24.7. The summed E-state index contributed by atoms with van der Waals surface area (Å²) in [6.07, 6.45) is 7.10. The monoisotopic (exact) mass is 502 g/mol. The van der Waals surface area contributed by atoms with Crippen molar-refractivity contribution in [2.24, 2.45) is 34.5 Å². The first-order valence-electron chi connectivity index (χ1n) is 14.0. The Labute approximate surface area is 214 Å². The van der Waals surface area contributed by atoms with E-state index >= 15 is 0 Å². The molecule has 4 heterocycles. The number of ether oxygens (including phenoxy) is 4. The molecule has 200 valence electrons. The van der Waals surface area contributed by atoms with E-state index in [2.05, 4.69) is 16.7 Å². The van der Waals surface area contributed by atoms with Crippen LogP contribution in [-0.4, -0.2) is 87.7 Å². The van der Waals surface area contributed by atoms with Gasteiger partial charge < -0.3 is 28.7 Å². The second-order valence-corrected chi connectivity index (χ2v) is 12.3. The van der Waals surface area contributed by atoms with E-state index in [1.165, 1.54) is 19.3 Å². The fraction of sp³-hybridized carbons (Fsp3) is 0.857. The van der Waals surface area contributed by atoms with E-state index in [0.29, 0.717) is 43.2 Å². The van der Waals surface area contributed by atoms with Crippen LogP contribution in [0.25, 0.3) is 0 Å². The number of nitrogens with zero attached hydrogens (tertiary/aromatic N) is 2. The number of carbonyl (C=O) groups is 2. The minimum Gasteiger partial charge on any atom is -0.465 e. The first-order chi connectivity index (χ1) is 17.4. The molecule has 5 fully saturated rings. The average Bonchev–Trinajstić information content (AvgIpc) is 3.45. The highest BCUT2D eigenvalue weighted by Gasteiger charge is 2.66. The van der Waals surface area contributed by atoms with E-state index in [4.69, 9.17) is 18.9 Å². The molecule has 4 aliphatic heterocycles. The fourth-order valence-electron chi connectivity index (χ4n) is 8.81. The number of piperidine rings is 2. The van der Waals surface area contributed by atoms with Crippen LogP contribution in [-0.2, 0) is 28.5 Å². The van der Waals surface area contributed by atoms with Gasteiger partial charge in [-0.1, -0.05) is 6.92 Å². The van der Waals surface area contributed by atoms with Crippen LogP contribution in [0.3, 0.4) is 0 Å². The Hall–Kier alpha value is -1.64. The number of fused-ring (bicyclic) bond motifs is 3. The summed E-state index contributed by atoms with van der Waals surface area (Å²) in [5.74, 6) is 1.62. The predicted octanol–water partition coefficient (Wildman–Crippen LogP) is 2.82. The molecule has 0 aromatic heterocycles. The maximum Gasteiger partial charge on any atom is 0.335 e. The Bertz CT molecular complexity index is 927. The van der Waals surface area contributed by atoms with Crippen molar-refractivity contribution in [3.63, 3.8) is 0 Å². The van der Waals surface area contributed by atoms with Crippen LogP contribution >= 0.6 is 0 Å². The zero-order valence-electron chi connectivity index (χ0n) is 22.1. The summed E-state index contributed by atoms with van der Waals surface area (Å²) in [4.78, 5) is 29.3. The number of esters is 2. The van der Waals surface area contributed by atoms with Crippen LogP contribution in [0, 0.1) is 34.5 Å². The molecule has 6 unspecified atom stereocenters. The molecule has 0 amide bonds. The van der Waals surface area contributed by atoms with Crippen LogP contribution < -0.4 is 0 Å². The van der Waals surface area contributed by atoms with Crippen molar-refractivity contribution in [2.75, 3.05) is 59.8 Å². The lowest BCUT2D eigenvalue weighted by Crippen LogP contribution is -2.56. The Morgan fingerprint density at radius 3 is 2.53 bits per heavy atom. The Morgan fingerprint density at radius 1 is 1.08 bits per heavy atom. The molecular weight excluding hydrogens is 460 g/mol. The van der Waals surface area contributed by atoms with Gasteiger partial charge in [0, 0.05) is 31.5 Å². The van der Waals surface area contributed by atoms with E-state index in [1.54, 1.807) is 7.11 Å². The number of hydrogen-bond acceptors (Lipinski definition) is 8. The summed E-state index contributed by atoms with van der Waals surface area (Å²) < 4.78 is 22.3. The van der Waals surface area contributed by atoms with Crippen molar-refractivity contribution in [2.45, 2.75) is 58.5 Å². The van der Waals surface area contributed by atoms with Gasteiger partial charge in [-0.25, -0.2) is 4.79 Å². The second-order valence-electron chi connectivity index (χ2n) is 12.3. The predicted molar refractivity (Wildman–Crippen MR) is 132 cm³/mol. The van der Waals surface area contributed by atoms with Crippen molar-refractivity contribution >= 4 is 11.9 Å². The summed E-state index contributed by atoms with van der Waals surface area (Å²) in [7, 11) is 1.68. The molecule has 2 aliphatic carbocycles. The third-order valence-electron chi connectivity index (χ3n) is 11.3. The molecule has 6 rings (SSSR count). The third kappa shape index (κ3) is 3.73. The van der Waals surface area contributed by atoms with Gasteiger partial charge in [-0.15, -0.1) is 0 Å². The van der Waals surface area contributed by atoms with Crippen LogP contribution in [0.2, 0.25) is 0 Å². The molecule has 0 aromatic rings. The van der Waals surface area contributed by atoms with Gasteiger partial charge in [0.25, 0.3) is 0 Å². The highest BCUT2D eigenvalue weighted by molar-refractivity contribution is 5.90. The molecule has 0 bridgehead atoms. The summed E-state index contributed by atoms with van der Waals surface area (Å²) in [6, 6.07) is 0. The van der Waals surface area contributed by atoms with Crippen molar-refractivity contribution in [1.82, 2.24) is 9.80 Å². The molecule has 0 N–H and O–H groups in total. The van der Waals surface area contributed by atoms with E-state index < -0.39 is 0 Å². The Kier molecular flexibility index (Phi) is 6.36. The second kappa shape index (κ2) is 9.28.